The zero-order valence-electron chi connectivity index (χ0n) is 19.6. The molecule has 2 aliphatic rings. The average Bonchev–Trinajstić information content (AvgIpc) is 3.09. The zero-order chi connectivity index (χ0) is 23.3. The van der Waals surface area contributed by atoms with Crippen LogP contribution in [0, 0.1) is 11.3 Å². The van der Waals surface area contributed by atoms with Crippen LogP contribution in [0.4, 0.5) is 11.4 Å². The van der Waals surface area contributed by atoms with Gasteiger partial charge in [-0.05, 0) is 35.4 Å². The number of ketones is 1. The topological polar surface area (TPSA) is 47.3 Å². The number of hydrogen-bond donors (Lipinski definition) is 0. The minimum atomic E-state index is -0.310. The molecule has 162 valence electrons. The van der Waals surface area contributed by atoms with Crippen LogP contribution in [0.5, 0.6) is 0 Å². The van der Waals surface area contributed by atoms with Crippen LogP contribution in [-0.2, 0) is 15.6 Å². The van der Waals surface area contributed by atoms with Gasteiger partial charge in [-0.1, -0.05) is 64.1 Å². The molecule has 0 amide bonds. The number of anilines is 2. The molecule has 0 aliphatic carbocycles. The van der Waals surface area contributed by atoms with E-state index in [0.717, 1.165) is 22.8 Å². The lowest BCUT2D eigenvalue weighted by Gasteiger charge is -2.24. The molecule has 0 N–H and O–H groups in total. The van der Waals surface area contributed by atoms with Gasteiger partial charge >= 0.3 is 0 Å². The van der Waals surface area contributed by atoms with Crippen molar-refractivity contribution >= 4 is 17.2 Å². The lowest BCUT2D eigenvalue weighted by Crippen LogP contribution is -2.24. The van der Waals surface area contributed by atoms with E-state index < -0.39 is 0 Å². The number of carbonyl (C=O) groups excluding carboxylic acids is 1. The van der Waals surface area contributed by atoms with Crippen molar-refractivity contribution in [2.24, 2.45) is 0 Å². The summed E-state index contributed by atoms with van der Waals surface area (Å²) in [5.74, 6) is -0.275. The lowest BCUT2D eigenvalue weighted by atomic mass is 9.83. The van der Waals surface area contributed by atoms with Gasteiger partial charge < -0.3 is 9.80 Å². The van der Waals surface area contributed by atoms with E-state index in [1.54, 1.807) is 12.2 Å². The summed E-state index contributed by atoms with van der Waals surface area (Å²) in [5.41, 5.74) is 6.21. The molecule has 2 heterocycles. The van der Waals surface area contributed by atoms with Crippen LogP contribution in [0.2, 0.25) is 0 Å². The van der Waals surface area contributed by atoms with E-state index in [4.69, 9.17) is 0 Å². The molecule has 0 radical (unpaired) electrons. The first-order chi connectivity index (χ1) is 15.1. The van der Waals surface area contributed by atoms with Crippen LogP contribution < -0.4 is 9.80 Å². The molecule has 0 spiro atoms. The van der Waals surface area contributed by atoms with E-state index >= 15 is 0 Å². The molecule has 0 bridgehead atoms. The van der Waals surface area contributed by atoms with Crippen molar-refractivity contribution in [3.05, 3.63) is 94.9 Å². The van der Waals surface area contributed by atoms with E-state index in [0.29, 0.717) is 0 Å². The Morgan fingerprint density at radius 2 is 1.31 bits per heavy atom. The second-order valence-electron chi connectivity index (χ2n) is 9.54. The third-order valence-electron chi connectivity index (χ3n) is 6.94. The van der Waals surface area contributed by atoms with E-state index in [1.165, 1.54) is 11.1 Å². The Morgan fingerprint density at radius 3 is 1.81 bits per heavy atom. The molecule has 2 aromatic rings. The molecular formula is C28H29N3O. The van der Waals surface area contributed by atoms with Crippen molar-refractivity contribution in [1.82, 2.24) is 0 Å². The Morgan fingerprint density at radius 1 is 0.844 bits per heavy atom. The van der Waals surface area contributed by atoms with Crippen LogP contribution in [0.15, 0.2) is 83.7 Å². The number of hydrogen-bond acceptors (Lipinski definition) is 4. The highest BCUT2D eigenvalue weighted by molar-refractivity contribution is 6.08. The van der Waals surface area contributed by atoms with E-state index in [1.807, 2.05) is 49.3 Å². The number of nitriles is 1. The van der Waals surface area contributed by atoms with Gasteiger partial charge in [-0.25, -0.2) is 0 Å². The zero-order valence-corrected chi connectivity index (χ0v) is 19.6. The average molecular weight is 424 g/mol. The van der Waals surface area contributed by atoms with Crippen molar-refractivity contribution in [2.75, 3.05) is 23.9 Å². The van der Waals surface area contributed by atoms with Crippen molar-refractivity contribution in [3.63, 3.8) is 0 Å². The molecule has 0 fully saturated rings. The summed E-state index contributed by atoms with van der Waals surface area (Å²) in [5, 5.41) is 9.76. The van der Waals surface area contributed by atoms with Gasteiger partial charge in [0.05, 0.1) is 5.57 Å². The molecule has 0 unspecified atom stereocenters. The van der Waals surface area contributed by atoms with Gasteiger partial charge in [0.15, 0.2) is 5.78 Å². The smallest absolute Gasteiger partial charge is 0.198 e. The highest BCUT2D eigenvalue weighted by Crippen LogP contribution is 2.47. The Bertz CT molecular complexity index is 1240. The number of allylic oxidation sites excluding steroid dienone is 6. The van der Waals surface area contributed by atoms with Gasteiger partial charge in [-0.3, -0.25) is 4.79 Å². The molecule has 0 atom stereocenters. The minimum absolute atomic E-state index is 0.130. The Balaban J connectivity index is 1.69. The van der Waals surface area contributed by atoms with Crippen molar-refractivity contribution in [3.8, 4) is 6.07 Å². The molecule has 4 rings (SSSR count). The fourth-order valence-corrected chi connectivity index (χ4v) is 5.10. The van der Waals surface area contributed by atoms with Crippen LogP contribution in [0.1, 0.15) is 38.8 Å². The molecule has 4 nitrogen and oxygen atoms in total. The second kappa shape index (κ2) is 7.53. The van der Waals surface area contributed by atoms with Gasteiger partial charge in [-0.2, -0.15) is 5.26 Å². The number of likely N-dealkylation sites (N-methyl/N-ethyl adjacent to an activating group) is 2. The maximum atomic E-state index is 13.1. The fraction of sp³-hybridized carbons (Fsp3) is 0.286. The second-order valence-corrected chi connectivity index (χ2v) is 9.54. The number of carbonyl (C=O) groups is 1. The molecule has 2 aromatic carbocycles. The Kier molecular flexibility index (Phi) is 5.09. The van der Waals surface area contributed by atoms with Crippen LogP contribution >= 0.6 is 0 Å². The summed E-state index contributed by atoms with van der Waals surface area (Å²) in [6.07, 6.45) is 5.19. The lowest BCUT2D eigenvalue weighted by molar-refractivity contribution is -0.111. The van der Waals surface area contributed by atoms with E-state index in [2.05, 4.69) is 62.9 Å². The highest BCUT2D eigenvalue weighted by Gasteiger charge is 2.39. The quantitative estimate of drug-likeness (QED) is 0.474. The molecule has 32 heavy (non-hydrogen) atoms. The maximum Gasteiger partial charge on any atom is 0.198 e. The molecule has 0 saturated heterocycles. The molecule has 4 heteroatoms. The van der Waals surface area contributed by atoms with Crippen LogP contribution in [0.3, 0.4) is 0 Å². The van der Waals surface area contributed by atoms with Gasteiger partial charge in [0, 0.05) is 53.8 Å². The monoisotopic (exact) mass is 423 g/mol. The number of para-hydroxylation sites is 2. The number of rotatable bonds is 3. The van der Waals surface area contributed by atoms with E-state index in [-0.39, 0.29) is 22.2 Å². The number of benzene rings is 2. The Hall–Kier alpha value is -3.58. The summed E-state index contributed by atoms with van der Waals surface area (Å²) < 4.78 is 0. The minimum Gasteiger partial charge on any atom is -0.347 e. The third-order valence-corrected chi connectivity index (χ3v) is 6.94. The van der Waals surface area contributed by atoms with Gasteiger partial charge in [-0.15, -0.1) is 0 Å². The van der Waals surface area contributed by atoms with Crippen molar-refractivity contribution in [1.29, 1.82) is 5.26 Å². The predicted molar refractivity (Wildman–Crippen MR) is 131 cm³/mol. The van der Waals surface area contributed by atoms with Gasteiger partial charge in [0.1, 0.15) is 6.07 Å². The van der Waals surface area contributed by atoms with Crippen molar-refractivity contribution < 1.29 is 4.79 Å². The summed E-state index contributed by atoms with van der Waals surface area (Å²) in [6.45, 7) is 8.55. The molecule has 0 saturated carbocycles. The maximum absolute atomic E-state index is 13.1. The first kappa shape index (κ1) is 21.6. The normalized spacial score (nSPS) is 21.0. The van der Waals surface area contributed by atoms with Crippen LogP contribution in [-0.4, -0.2) is 19.9 Å². The Labute approximate surface area is 190 Å². The SMILES string of the molecule is CN1/C(=C\C=C(\C#N)C(=O)/C=C2/N(C)c3ccccc3C2(C)C)C(C)(C)c2ccccc21. The standard InChI is InChI=1S/C28H29N3O/c1-27(2)20-11-7-9-13-22(20)30(5)25(27)16-15-19(18-29)24(32)17-26-28(3,4)21-12-8-10-14-23(21)31(26)6/h7-17H,1-6H3/b19-15-,25-16-,26-17+. The molecule has 2 aliphatic heterocycles. The number of fused-ring (bicyclic) bond motifs is 2. The van der Waals surface area contributed by atoms with Gasteiger partial charge in [0.2, 0.25) is 0 Å². The van der Waals surface area contributed by atoms with Crippen molar-refractivity contribution in [2.45, 2.75) is 38.5 Å². The van der Waals surface area contributed by atoms with Gasteiger partial charge in [0.25, 0.3) is 0 Å². The molecular weight excluding hydrogens is 394 g/mol. The first-order valence-electron chi connectivity index (χ1n) is 10.9. The molecule has 0 aromatic heterocycles. The van der Waals surface area contributed by atoms with E-state index in [9.17, 15) is 10.1 Å². The third kappa shape index (κ3) is 3.17. The summed E-state index contributed by atoms with van der Waals surface area (Å²) >= 11 is 0. The van der Waals surface area contributed by atoms with Crippen LogP contribution in [0.25, 0.3) is 0 Å². The highest BCUT2D eigenvalue weighted by atomic mass is 16.1. The largest absolute Gasteiger partial charge is 0.347 e. The summed E-state index contributed by atoms with van der Waals surface area (Å²) in [6, 6.07) is 18.6. The predicted octanol–water partition coefficient (Wildman–Crippen LogP) is 5.63. The number of nitrogens with zero attached hydrogens (tertiary/aromatic N) is 3. The summed E-state index contributed by atoms with van der Waals surface area (Å²) in [7, 11) is 3.99. The fourth-order valence-electron chi connectivity index (χ4n) is 5.10. The summed E-state index contributed by atoms with van der Waals surface area (Å²) in [4.78, 5) is 17.3. The first-order valence-corrected chi connectivity index (χ1v) is 10.9.